The normalized spacial score (nSPS) is 11.7. The summed E-state index contributed by atoms with van der Waals surface area (Å²) in [4.78, 5) is 25.7. The minimum absolute atomic E-state index is 0.00676. The van der Waals surface area contributed by atoms with Crippen LogP contribution in [0.3, 0.4) is 0 Å². The van der Waals surface area contributed by atoms with Crippen molar-refractivity contribution in [3.05, 3.63) is 28.1 Å². The van der Waals surface area contributed by atoms with Crippen LogP contribution in [-0.4, -0.2) is 61.2 Å². The van der Waals surface area contributed by atoms with Gasteiger partial charge in [0.2, 0.25) is 0 Å². The third kappa shape index (κ3) is 5.18. The van der Waals surface area contributed by atoms with Gasteiger partial charge in [0.05, 0.1) is 29.1 Å². The molecular weight excluding hydrogens is 274 g/mol. The van der Waals surface area contributed by atoms with Crippen molar-refractivity contribution in [1.82, 2.24) is 9.88 Å². The molecule has 0 aliphatic carbocycles. The van der Waals surface area contributed by atoms with Gasteiger partial charge in [-0.25, -0.2) is 8.42 Å². The third-order valence-electron chi connectivity index (χ3n) is 2.44. The minimum atomic E-state index is -3.08. The van der Waals surface area contributed by atoms with E-state index in [1.807, 2.05) is 0 Å². The Bertz CT molecular complexity index is 578. The SMILES string of the molecule is CN(CCS(C)(=O)=O)CC(=O)c1cc([N+](=O)[O-])c[nH]1. The van der Waals surface area contributed by atoms with E-state index in [0.29, 0.717) is 0 Å². The summed E-state index contributed by atoms with van der Waals surface area (Å²) in [7, 11) is -1.47. The third-order valence-corrected chi connectivity index (χ3v) is 3.36. The second-order valence-electron chi connectivity index (χ2n) is 4.32. The number of aromatic nitrogens is 1. The van der Waals surface area contributed by atoms with Crippen LogP contribution in [0, 0.1) is 10.1 Å². The first-order valence-electron chi connectivity index (χ1n) is 5.41. The van der Waals surface area contributed by atoms with Crippen LogP contribution in [0.1, 0.15) is 10.5 Å². The van der Waals surface area contributed by atoms with Crippen LogP contribution in [-0.2, 0) is 9.84 Å². The van der Waals surface area contributed by atoms with E-state index in [1.54, 1.807) is 11.9 Å². The molecule has 0 bridgehead atoms. The van der Waals surface area contributed by atoms with Gasteiger partial charge in [-0.15, -0.1) is 0 Å². The number of hydrogen-bond donors (Lipinski definition) is 1. The molecule has 1 heterocycles. The topological polar surface area (TPSA) is 113 Å². The summed E-state index contributed by atoms with van der Waals surface area (Å²) in [5.41, 5.74) is -0.0416. The van der Waals surface area contributed by atoms with Crippen molar-refractivity contribution in [2.45, 2.75) is 0 Å². The largest absolute Gasteiger partial charge is 0.353 e. The molecule has 0 saturated carbocycles. The molecule has 0 radical (unpaired) electrons. The zero-order valence-electron chi connectivity index (χ0n) is 10.6. The van der Waals surface area contributed by atoms with Gasteiger partial charge in [-0.3, -0.25) is 19.8 Å². The molecular formula is C10H15N3O5S. The van der Waals surface area contributed by atoms with E-state index in [1.165, 1.54) is 0 Å². The van der Waals surface area contributed by atoms with Crippen LogP contribution in [0.25, 0.3) is 0 Å². The standard InChI is InChI=1S/C10H15N3O5S/c1-12(3-4-19(2,17)18)7-10(14)9-5-8(6-11-9)13(15)16/h5-6,11H,3-4,7H2,1-2H3. The van der Waals surface area contributed by atoms with Crippen molar-refractivity contribution in [3.63, 3.8) is 0 Å². The maximum absolute atomic E-state index is 11.8. The highest BCUT2D eigenvalue weighted by molar-refractivity contribution is 7.90. The average Bonchev–Trinajstić information content (AvgIpc) is 2.74. The second kappa shape index (κ2) is 5.93. The molecule has 1 aromatic heterocycles. The number of rotatable bonds is 7. The van der Waals surface area contributed by atoms with Gasteiger partial charge in [0.1, 0.15) is 9.84 Å². The Morgan fingerprint density at radius 2 is 2.16 bits per heavy atom. The number of Topliss-reactive ketones (excluding diaryl/α,β-unsaturated/α-hetero) is 1. The van der Waals surface area contributed by atoms with Crippen molar-refractivity contribution in [3.8, 4) is 0 Å². The van der Waals surface area contributed by atoms with Gasteiger partial charge in [0.25, 0.3) is 5.69 Å². The molecule has 0 amide bonds. The molecule has 0 unspecified atom stereocenters. The van der Waals surface area contributed by atoms with Crippen molar-refractivity contribution < 1.29 is 18.1 Å². The van der Waals surface area contributed by atoms with Crippen LogP contribution in [0.15, 0.2) is 12.3 Å². The molecule has 19 heavy (non-hydrogen) atoms. The molecule has 0 aromatic carbocycles. The molecule has 0 saturated heterocycles. The number of nitro groups is 1. The van der Waals surface area contributed by atoms with Crippen molar-refractivity contribution in [2.75, 3.05) is 32.1 Å². The quantitative estimate of drug-likeness (QED) is 0.432. The summed E-state index contributed by atoms with van der Waals surface area (Å²) >= 11 is 0. The number of H-pyrrole nitrogens is 1. The highest BCUT2D eigenvalue weighted by atomic mass is 32.2. The summed E-state index contributed by atoms with van der Waals surface area (Å²) in [5, 5.41) is 10.5. The Morgan fingerprint density at radius 1 is 1.53 bits per heavy atom. The molecule has 0 aliphatic rings. The molecule has 1 rings (SSSR count). The number of likely N-dealkylation sites (N-methyl/N-ethyl adjacent to an activating group) is 1. The fraction of sp³-hybridized carbons (Fsp3) is 0.500. The lowest BCUT2D eigenvalue weighted by molar-refractivity contribution is -0.384. The van der Waals surface area contributed by atoms with Gasteiger partial charge >= 0.3 is 0 Å². The number of carbonyl (C=O) groups is 1. The van der Waals surface area contributed by atoms with E-state index in [9.17, 15) is 23.3 Å². The predicted molar refractivity (Wildman–Crippen MR) is 69.0 cm³/mol. The van der Waals surface area contributed by atoms with Crippen LogP contribution in [0.2, 0.25) is 0 Å². The fourth-order valence-electron chi connectivity index (χ4n) is 1.38. The van der Waals surface area contributed by atoms with E-state index in [-0.39, 0.29) is 36.0 Å². The molecule has 8 nitrogen and oxygen atoms in total. The first-order chi connectivity index (χ1) is 8.69. The highest BCUT2D eigenvalue weighted by Crippen LogP contribution is 2.12. The average molecular weight is 289 g/mol. The maximum Gasteiger partial charge on any atom is 0.287 e. The lowest BCUT2D eigenvalue weighted by Gasteiger charge is -2.14. The van der Waals surface area contributed by atoms with Gasteiger partial charge in [-0.2, -0.15) is 0 Å². The van der Waals surface area contributed by atoms with E-state index in [0.717, 1.165) is 18.5 Å². The molecule has 0 atom stereocenters. The number of carbonyl (C=O) groups excluding carboxylic acids is 1. The summed E-state index contributed by atoms with van der Waals surface area (Å²) in [5.74, 6) is -0.370. The van der Waals surface area contributed by atoms with Crippen molar-refractivity contribution in [1.29, 1.82) is 0 Å². The van der Waals surface area contributed by atoms with Gasteiger partial charge in [-0.05, 0) is 7.05 Å². The van der Waals surface area contributed by atoms with Gasteiger partial charge < -0.3 is 4.98 Å². The van der Waals surface area contributed by atoms with Crippen LogP contribution >= 0.6 is 0 Å². The number of nitrogens with one attached hydrogen (secondary N) is 1. The number of nitrogens with zero attached hydrogens (tertiary/aromatic N) is 2. The Hall–Kier alpha value is -1.74. The minimum Gasteiger partial charge on any atom is -0.353 e. The summed E-state index contributed by atoms with van der Waals surface area (Å²) < 4.78 is 22.0. The van der Waals surface area contributed by atoms with Crippen LogP contribution in [0.5, 0.6) is 0 Å². The Labute approximate surface area is 110 Å². The number of aromatic amines is 1. The zero-order chi connectivity index (χ0) is 14.6. The summed E-state index contributed by atoms with van der Waals surface area (Å²) in [6, 6.07) is 1.16. The zero-order valence-corrected chi connectivity index (χ0v) is 11.4. The lowest BCUT2D eigenvalue weighted by atomic mass is 10.2. The second-order valence-corrected chi connectivity index (χ2v) is 6.58. The Kier molecular flexibility index (Phi) is 4.78. The van der Waals surface area contributed by atoms with Gasteiger partial charge in [0.15, 0.2) is 5.78 Å². The molecule has 1 N–H and O–H groups in total. The summed E-state index contributed by atoms with van der Waals surface area (Å²) in [6.45, 7) is 0.223. The van der Waals surface area contributed by atoms with Crippen molar-refractivity contribution in [2.24, 2.45) is 0 Å². The molecule has 106 valence electrons. The predicted octanol–water partition coefficient (Wildman–Crippen LogP) is 0.0820. The first kappa shape index (κ1) is 15.3. The van der Waals surface area contributed by atoms with Crippen LogP contribution in [0.4, 0.5) is 5.69 Å². The van der Waals surface area contributed by atoms with Crippen LogP contribution < -0.4 is 0 Å². The highest BCUT2D eigenvalue weighted by Gasteiger charge is 2.16. The molecule has 0 fully saturated rings. The fourth-order valence-corrected chi connectivity index (χ4v) is 2.02. The summed E-state index contributed by atoms with van der Waals surface area (Å²) in [6.07, 6.45) is 2.26. The van der Waals surface area contributed by atoms with Gasteiger partial charge in [-0.1, -0.05) is 0 Å². The molecule has 0 spiro atoms. The van der Waals surface area contributed by atoms with E-state index >= 15 is 0 Å². The maximum atomic E-state index is 11.8. The smallest absolute Gasteiger partial charge is 0.287 e. The first-order valence-corrected chi connectivity index (χ1v) is 7.47. The molecule has 0 aliphatic heterocycles. The van der Waals surface area contributed by atoms with Gasteiger partial charge in [0, 0.05) is 18.9 Å². The molecule has 9 heteroatoms. The number of hydrogen-bond acceptors (Lipinski definition) is 6. The number of ketones is 1. The van der Waals surface area contributed by atoms with E-state index in [4.69, 9.17) is 0 Å². The Morgan fingerprint density at radius 3 is 2.63 bits per heavy atom. The Balaban J connectivity index is 2.56. The lowest BCUT2D eigenvalue weighted by Crippen LogP contribution is -2.30. The van der Waals surface area contributed by atoms with E-state index < -0.39 is 14.8 Å². The number of sulfone groups is 1. The van der Waals surface area contributed by atoms with E-state index in [2.05, 4.69) is 4.98 Å². The monoisotopic (exact) mass is 289 g/mol. The molecule has 1 aromatic rings. The van der Waals surface area contributed by atoms with Crippen molar-refractivity contribution >= 4 is 21.3 Å².